The first-order chi connectivity index (χ1) is 11.7. The maximum Gasteiger partial charge on any atom is 0.233 e. The lowest BCUT2D eigenvalue weighted by molar-refractivity contribution is -0.134. The highest BCUT2D eigenvalue weighted by Crippen LogP contribution is 2.36. The number of piperidine rings is 1. The number of nitrogens with zero attached hydrogens (tertiary/aromatic N) is 2. The van der Waals surface area contributed by atoms with Crippen molar-refractivity contribution < 1.29 is 4.79 Å². The Hall–Kier alpha value is -1.07. The SMILES string of the molecule is Cc1cccc2sc(SCC(=O)N3CCCC4CCCCC43)nc12. The summed E-state index contributed by atoms with van der Waals surface area (Å²) in [7, 11) is 0. The van der Waals surface area contributed by atoms with Crippen LogP contribution < -0.4 is 0 Å². The molecule has 1 saturated heterocycles. The Labute approximate surface area is 151 Å². The predicted molar refractivity (Wildman–Crippen MR) is 102 cm³/mol. The summed E-state index contributed by atoms with van der Waals surface area (Å²) in [6, 6.07) is 6.80. The minimum Gasteiger partial charge on any atom is -0.339 e. The topological polar surface area (TPSA) is 33.2 Å². The summed E-state index contributed by atoms with van der Waals surface area (Å²) < 4.78 is 2.24. The molecule has 4 rings (SSSR count). The number of likely N-dealkylation sites (tertiary alicyclic amines) is 1. The minimum absolute atomic E-state index is 0.313. The summed E-state index contributed by atoms with van der Waals surface area (Å²) in [6.07, 6.45) is 7.66. The second-order valence-corrected chi connectivity index (χ2v) is 9.28. The monoisotopic (exact) mass is 360 g/mol. The predicted octanol–water partition coefficient (Wildman–Crippen LogP) is 4.88. The number of aryl methyl sites for hydroxylation is 1. The second-order valence-electron chi connectivity index (χ2n) is 7.03. The van der Waals surface area contributed by atoms with Crippen molar-refractivity contribution in [2.75, 3.05) is 12.3 Å². The highest BCUT2D eigenvalue weighted by Gasteiger charge is 2.35. The van der Waals surface area contributed by atoms with Crippen LogP contribution in [0.1, 0.15) is 44.1 Å². The van der Waals surface area contributed by atoms with E-state index < -0.39 is 0 Å². The number of amides is 1. The Morgan fingerprint density at radius 2 is 2.12 bits per heavy atom. The molecular weight excluding hydrogens is 336 g/mol. The molecule has 1 aliphatic heterocycles. The summed E-state index contributed by atoms with van der Waals surface area (Å²) in [5, 5.41) is 0. The van der Waals surface area contributed by atoms with Crippen molar-refractivity contribution in [2.45, 2.75) is 55.8 Å². The average Bonchev–Trinajstić information content (AvgIpc) is 3.04. The van der Waals surface area contributed by atoms with Crippen molar-refractivity contribution in [3.8, 4) is 0 Å². The van der Waals surface area contributed by atoms with Crippen molar-refractivity contribution in [1.29, 1.82) is 0 Å². The van der Waals surface area contributed by atoms with E-state index in [1.165, 1.54) is 48.8 Å². The molecule has 24 heavy (non-hydrogen) atoms. The van der Waals surface area contributed by atoms with Crippen LogP contribution in [0, 0.1) is 12.8 Å². The highest BCUT2D eigenvalue weighted by atomic mass is 32.2. The van der Waals surface area contributed by atoms with Crippen LogP contribution in [0.4, 0.5) is 0 Å². The van der Waals surface area contributed by atoms with Crippen molar-refractivity contribution in [3.63, 3.8) is 0 Å². The van der Waals surface area contributed by atoms with E-state index in [1.807, 2.05) is 0 Å². The first kappa shape index (κ1) is 16.4. The van der Waals surface area contributed by atoms with Gasteiger partial charge in [-0.2, -0.15) is 0 Å². The average molecular weight is 361 g/mol. The van der Waals surface area contributed by atoms with E-state index in [0.717, 1.165) is 22.3 Å². The number of rotatable bonds is 3. The van der Waals surface area contributed by atoms with Gasteiger partial charge in [0.15, 0.2) is 4.34 Å². The third-order valence-corrected chi connectivity index (χ3v) is 7.63. The van der Waals surface area contributed by atoms with E-state index in [4.69, 9.17) is 4.98 Å². The van der Waals surface area contributed by atoms with E-state index in [9.17, 15) is 4.79 Å². The molecule has 0 bridgehead atoms. The molecule has 2 heterocycles. The number of carbonyl (C=O) groups is 1. The third-order valence-electron chi connectivity index (χ3n) is 5.48. The zero-order valence-electron chi connectivity index (χ0n) is 14.2. The fourth-order valence-electron chi connectivity index (χ4n) is 4.27. The van der Waals surface area contributed by atoms with Crippen LogP contribution in [-0.2, 0) is 4.79 Å². The molecule has 0 N–H and O–H groups in total. The normalized spacial score (nSPS) is 24.1. The van der Waals surface area contributed by atoms with Crippen molar-refractivity contribution in [2.24, 2.45) is 5.92 Å². The number of hydrogen-bond donors (Lipinski definition) is 0. The fraction of sp³-hybridized carbons (Fsp3) is 0.579. The number of hydrogen-bond acceptors (Lipinski definition) is 4. The standard InChI is InChI=1S/C19H24N2OS2/c1-13-6-4-10-16-18(13)20-19(24-16)23-12-17(22)21-11-5-8-14-7-2-3-9-15(14)21/h4,6,10,14-15H,2-3,5,7-9,11-12H2,1H3. The first-order valence-corrected chi connectivity index (χ1v) is 10.8. The molecule has 1 aromatic carbocycles. The van der Waals surface area contributed by atoms with Gasteiger partial charge in [-0.3, -0.25) is 4.79 Å². The largest absolute Gasteiger partial charge is 0.339 e. The van der Waals surface area contributed by atoms with Gasteiger partial charge in [-0.05, 0) is 50.2 Å². The van der Waals surface area contributed by atoms with Crippen LogP contribution in [0.3, 0.4) is 0 Å². The zero-order chi connectivity index (χ0) is 16.5. The van der Waals surface area contributed by atoms with E-state index in [-0.39, 0.29) is 0 Å². The van der Waals surface area contributed by atoms with Crippen molar-refractivity contribution in [1.82, 2.24) is 9.88 Å². The molecule has 1 amide bonds. The lowest BCUT2D eigenvalue weighted by atomic mass is 9.78. The molecule has 1 aliphatic carbocycles. The summed E-state index contributed by atoms with van der Waals surface area (Å²) in [4.78, 5) is 19.7. The van der Waals surface area contributed by atoms with E-state index in [0.29, 0.717) is 17.7 Å². The van der Waals surface area contributed by atoms with Gasteiger partial charge in [0.1, 0.15) is 0 Å². The number of thiazole rings is 1. The third kappa shape index (κ3) is 3.21. The van der Waals surface area contributed by atoms with E-state index in [1.54, 1.807) is 23.1 Å². The maximum atomic E-state index is 12.8. The van der Waals surface area contributed by atoms with Crippen molar-refractivity contribution in [3.05, 3.63) is 23.8 Å². The first-order valence-electron chi connectivity index (χ1n) is 9.01. The number of aromatic nitrogens is 1. The van der Waals surface area contributed by atoms with Gasteiger partial charge in [0, 0.05) is 12.6 Å². The van der Waals surface area contributed by atoms with Gasteiger partial charge in [-0.15, -0.1) is 11.3 Å². The van der Waals surface area contributed by atoms with Crippen molar-refractivity contribution >= 4 is 39.2 Å². The lowest BCUT2D eigenvalue weighted by Crippen LogP contribution is -2.50. The van der Waals surface area contributed by atoms with Gasteiger partial charge in [0.25, 0.3) is 0 Å². The Morgan fingerprint density at radius 1 is 1.29 bits per heavy atom. The Morgan fingerprint density at radius 3 is 3.00 bits per heavy atom. The molecule has 0 spiro atoms. The Bertz CT molecular complexity index is 740. The zero-order valence-corrected chi connectivity index (χ0v) is 15.8. The fourth-order valence-corrected chi connectivity index (χ4v) is 6.29. The molecular formula is C19H24N2OS2. The lowest BCUT2D eigenvalue weighted by Gasteiger charge is -2.44. The maximum absolute atomic E-state index is 12.8. The smallest absolute Gasteiger partial charge is 0.233 e. The number of thioether (sulfide) groups is 1. The second kappa shape index (κ2) is 7.04. The number of fused-ring (bicyclic) bond motifs is 2. The quantitative estimate of drug-likeness (QED) is 0.732. The van der Waals surface area contributed by atoms with Crippen LogP contribution in [-0.4, -0.2) is 34.1 Å². The molecule has 128 valence electrons. The minimum atomic E-state index is 0.313. The number of benzene rings is 1. The van der Waals surface area contributed by atoms with Crippen LogP contribution >= 0.6 is 23.1 Å². The van der Waals surface area contributed by atoms with Gasteiger partial charge >= 0.3 is 0 Å². The molecule has 2 aromatic rings. The van der Waals surface area contributed by atoms with E-state index in [2.05, 4.69) is 30.0 Å². The van der Waals surface area contributed by atoms with Gasteiger partial charge in [0.05, 0.1) is 16.0 Å². The summed E-state index contributed by atoms with van der Waals surface area (Å²) in [5.74, 6) is 1.60. The molecule has 2 unspecified atom stereocenters. The summed E-state index contributed by atoms with van der Waals surface area (Å²) >= 11 is 3.32. The van der Waals surface area contributed by atoms with Crippen LogP contribution in [0.2, 0.25) is 0 Å². The molecule has 5 heteroatoms. The van der Waals surface area contributed by atoms with Crippen LogP contribution in [0.5, 0.6) is 0 Å². The van der Waals surface area contributed by atoms with Gasteiger partial charge < -0.3 is 4.90 Å². The molecule has 1 saturated carbocycles. The Kier molecular flexibility index (Phi) is 4.81. The molecule has 0 radical (unpaired) electrons. The number of para-hydroxylation sites is 1. The van der Waals surface area contributed by atoms with Crippen LogP contribution in [0.25, 0.3) is 10.2 Å². The molecule has 2 aliphatic rings. The van der Waals surface area contributed by atoms with Gasteiger partial charge in [-0.1, -0.05) is 36.7 Å². The summed E-state index contributed by atoms with van der Waals surface area (Å²) in [5.41, 5.74) is 2.30. The number of carbonyl (C=O) groups excluding carboxylic acids is 1. The molecule has 3 nitrogen and oxygen atoms in total. The van der Waals surface area contributed by atoms with Gasteiger partial charge in [-0.25, -0.2) is 4.98 Å². The summed E-state index contributed by atoms with van der Waals surface area (Å²) in [6.45, 7) is 3.05. The van der Waals surface area contributed by atoms with Gasteiger partial charge in [0.2, 0.25) is 5.91 Å². The van der Waals surface area contributed by atoms with E-state index >= 15 is 0 Å². The molecule has 1 aromatic heterocycles. The molecule has 2 atom stereocenters. The Balaban J connectivity index is 1.42. The van der Waals surface area contributed by atoms with Crippen LogP contribution in [0.15, 0.2) is 22.5 Å². The highest BCUT2D eigenvalue weighted by molar-refractivity contribution is 8.01. The molecule has 2 fully saturated rings.